The number of ether oxygens (including phenoxy) is 1. The van der Waals surface area contributed by atoms with Crippen molar-refractivity contribution in [1.82, 2.24) is 10.2 Å². The molecule has 0 saturated carbocycles. The Hall–Kier alpha value is -2.04. The summed E-state index contributed by atoms with van der Waals surface area (Å²) in [5.74, 6) is 1.23. The lowest BCUT2D eigenvalue weighted by Crippen LogP contribution is -2.42. The van der Waals surface area contributed by atoms with Gasteiger partial charge in [-0.2, -0.15) is 0 Å². The summed E-state index contributed by atoms with van der Waals surface area (Å²) in [5.41, 5.74) is 1.73. The summed E-state index contributed by atoms with van der Waals surface area (Å²) < 4.78 is 5.31. The fraction of sp³-hybridized carbons (Fsp3) is 0.409. The Balaban J connectivity index is 1.75. The third-order valence-corrected chi connectivity index (χ3v) is 5.57. The summed E-state index contributed by atoms with van der Waals surface area (Å²) in [6.45, 7) is 4.93. The minimum atomic E-state index is -0.114. The van der Waals surface area contributed by atoms with E-state index in [9.17, 15) is 4.79 Å². The maximum atomic E-state index is 12.7. The molecule has 1 saturated heterocycles. The molecule has 1 heterocycles. The number of halogens is 1. The second kappa shape index (κ2) is 9.25. The first-order chi connectivity index (χ1) is 13.1. The zero-order valence-corrected chi connectivity index (χ0v) is 16.7. The van der Waals surface area contributed by atoms with E-state index in [1.165, 1.54) is 18.4 Å². The largest absolute Gasteiger partial charge is 0.496 e. The number of likely N-dealkylation sites (tertiary alicyclic amines) is 1. The molecular weight excluding hydrogens is 360 g/mol. The predicted octanol–water partition coefficient (Wildman–Crippen LogP) is 4.55. The van der Waals surface area contributed by atoms with Crippen LogP contribution in [0.3, 0.4) is 0 Å². The Morgan fingerprint density at radius 3 is 2.52 bits per heavy atom. The zero-order valence-electron chi connectivity index (χ0n) is 16.0. The van der Waals surface area contributed by atoms with Crippen LogP contribution in [0.4, 0.5) is 0 Å². The van der Waals surface area contributed by atoms with E-state index in [-0.39, 0.29) is 11.9 Å². The van der Waals surface area contributed by atoms with Crippen LogP contribution in [0.1, 0.15) is 41.7 Å². The molecule has 1 unspecified atom stereocenters. The van der Waals surface area contributed by atoms with Gasteiger partial charge in [0, 0.05) is 11.6 Å². The molecule has 1 aliphatic rings. The highest BCUT2D eigenvalue weighted by molar-refractivity contribution is 6.30. The number of carbonyl (C=O) groups excluding carboxylic acids is 1. The summed E-state index contributed by atoms with van der Waals surface area (Å²) in [5, 5.41) is 3.83. The molecule has 4 nitrogen and oxygen atoms in total. The lowest BCUT2D eigenvalue weighted by molar-refractivity contribution is 0.0910. The van der Waals surface area contributed by atoms with Crippen molar-refractivity contribution in [3.8, 4) is 5.75 Å². The van der Waals surface area contributed by atoms with Crippen LogP contribution in [0.5, 0.6) is 5.75 Å². The normalized spacial score (nSPS) is 16.7. The molecule has 1 atom stereocenters. The van der Waals surface area contributed by atoms with Gasteiger partial charge < -0.3 is 10.1 Å². The van der Waals surface area contributed by atoms with Gasteiger partial charge >= 0.3 is 0 Å². The molecule has 1 fully saturated rings. The van der Waals surface area contributed by atoms with E-state index < -0.39 is 0 Å². The first-order valence-corrected chi connectivity index (χ1v) is 9.87. The molecule has 0 aromatic heterocycles. The van der Waals surface area contributed by atoms with Crippen LogP contribution >= 0.6 is 11.6 Å². The molecular formula is C22H27ClN2O2. The fourth-order valence-corrected chi connectivity index (χ4v) is 3.73. The Bertz CT molecular complexity index is 755. The van der Waals surface area contributed by atoms with Crippen LogP contribution in [-0.2, 0) is 0 Å². The molecule has 3 rings (SSSR count). The number of benzene rings is 2. The number of hydrogen-bond acceptors (Lipinski definition) is 3. The van der Waals surface area contributed by atoms with Crippen molar-refractivity contribution < 1.29 is 9.53 Å². The van der Waals surface area contributed by atoms with Gasteiger partial charge in [0.15, 0.2) is 0 Å². The maximum absolute atomic E-state index is 12.7. The third kappa shape index (κ3) is 5.02. The summed E-state index contributed by atoms with van der Waals surface area (Å²) in [4.78, 5) is 15.2. The SMILES string of the molecule is COc1ccccc1C(=O)NCC(c1ccc(Cl)cc1)N1CCC(C)CC1. The van der Waals surface area contributed by atoms with E-state index in [0.29, 0.717) is 17.9 Å². The number of nitrogens with zero attached hydrogens (tertiary/aromatic N) is 1. The summed E-state index contributed by atoms with van der Waals surface area (Å²) >= 11 is 6.06. The zero-order chi connectivity index (χ0) is 19.2. The molecule has 0 radical (unpaired) electrons. The molecule has 0 aliphatic carbocycles. The lowest BCUT2D eigenvalue weighted by atomic mass is 9.95. The van der Waals surface area contributed by atoms with Gasteiger partial charge in [0.05, 0.1) is 18.7 Å². The Morgan fingerprint density at radius 2 is 1.85 bits per heavy atom. The van der Waals surface area contributed by atoms with Gasteiger partial charge in [-0.15, -0.1) is 0 Å². The van der Waals surface area contributed by atoms with Crippen molar-refractivity contribution in [1.29, 1.82) is 0 Å². The molecule has 2 aromatic carbocycles. The van der Waals surface area contributed by atoms with Gasteiger partial charge in [0.25, 0.3) is 5.91 Å². The van der Waals surface area contributed by atoms with Gasteiger partial charge in [-0.1, -0.05) is 42.8 Å². The molecule has 5 heteroatoms. The van der Waals surface area contributed by atoms with E-state index in [1.54, 1.807) is 19.2 Å². The minimum absolute atomic E-state index is 0.114. The van der Waals surface area contributed by atoms with Crippen LogP contribution in [-0.4, -0.2) is 37.6 Å². The van der Waals surface area contributed by atoms with Gasteiger partial charge in [0.2, 0.25) is 0 Å². The third-order valence-electron chi connectivity index (χ3n) is 5.32. The van der Waals surface area contributed by atoms with Crippen molar-refractivity contribution in [2.45, 2.75) is 25.8 Å². The monoisotopic (exact) mass is 386 g/mol. The molecule has 1 N–H and O–H groups in total. The van der Waals surface area contributed by atoms with E-state index >= 15 is 0 Å². The number of para-hydroxylation sites is 1. The van der Waals surface area contributed by atoms with E-state index in [4.69, 9.17) is 16.3 Å². The summed E-state index contributed by atoms with van der Waals surface area (Å²) in [7, 11) is 1.58. The number of hydrogen-bond donors (Lipinski definition) is 1. The first-order valence-electron chi connectivity index (χ1n) is 9.49. The van der Waals surface area contributed by atoms with Crippen molar-refractivity contribution in [2.24, 2.45) is 5.92 Å². The average Bonchev–Trinajstić information content (AvgIpc) is 2.70. The number of carbonyl (C=O) groups is 1. The van der Waals surface area contributed by atoms with E-state index in [0.717, 1.165) is 24.0 Å². The molecule has 0 bridgehead atoms. The molecule has 1 amide bonds. The average molecular weight is 387 g/mol. The molecule has 1 aliphatic heterocycles. The van der Waals surface area contributed by atoms with Crippen LogP contribution in [0.2, 0.25) is 5.02 Å². The van der Waals surface area contributed by atoms with Crippen LogP contribution in [0.15, 0.2) is 48.5 Å². The highest BCUT2D eigenvalue weighted by Crippen LogP contribution is 2.27. The van der Waals surface area contributed by atoms with E-state index in [1.807, 2.05) is 24.3 Å². The molecule has 0 spiro atoms. The number of amides is 1. The number of piperidine rings is 1. The van der Waals surface area contributed by atoms with Crippen molar-refractivity contribution in [3.05, 3.63) is 64.7 Å². The van der Waals surface area contributed by atoms with Crippen LogP contribution in [0, 0.1) is 5.92 Å². The number of rotatable bonds is 6. The van der Waals surface area contributed by atoms with Gasteiger partial charge in [-0.3, -0.25) is 9.69 Å². The van der Waals surface area contributed by atoms with Crippen molar-refractivity contribution in [3.63, 3.8) is 0 Å². The van der Waals surface area contributed by atoms with Crippen LogP contribution in [0.25, 0.3) is 0 Å². The van der Waals surface area contributed by atoms with Gasteiger partial charge in [-0.05, 0) is 61.7 Å². The second-order valence-electron chi connectivity index (χ2n) is 7.20. The lowest BCUT2D eigenvalue weighted by Gasteiger charge is -2.37. The smallest absolute Gasteiger partial charge is 0.255 e. The van der Waals surface area contributed by atoms with Crippen molar-refractivity contribution in [2.75, 3.05) is 26.7 Å². The number of nitrogens with one attached hydrogen (secondary N) is 1. The topological polar surface area (TPSA) is 41.6 Å². The highest BCUT2D eigenvalue weighted by atomic mass is 35.5. The molecule has 2 aromatic rings. The molecule has 27 heavy (non-hydrogen) atoms. The fourth-order valence-electron chi connectivity index (χ4n) is 3.60. The minimum Gasteiger partial charge on any atom is -0.496 e. The van der Waals surface area contributed by atoms with E-state index in [2.05, 4.69) is 29.3 Å². The predicted molar refractivity (Wildman–Crippen MR) is 109 cm³/mol. The first kappa shape index (κ1) is 19.7. The quantitative estimate of drug-likeness (QED) is 0.791. The molecule has 144 valence electrons. The Morgan fingerprint density at radius 1 is 1.19 bits per heavy atom. The standard InChI is InChI=1S/C22H27ClN2O2/c1-16-11-13-25(14-12-16)20(17-7-9-18(23)10-8-17)15-24-22(26)19-5-3-4-6-21(19)27-2/h3-10,16,20H,11-15H2,1-2H3,(H,24,26). The van der Waals surface area contributed by atoms with Crippen LogP contribution < -0.4 is 10.1 Å². The van der Waals surface area contributed by atoms with Gasteiger partial charge in [-0.25, -0.2) is 0 Å². The highest BCUT2D eigenvalue weighted by Gasteiger charge is 2.25. The van der Waals surface area contributed by atoms with Crippen molar-refractivity contribution >= 4 is 17.5 Å². The van der Waals surface area contributed by atoms with Gasteiger partial charge in [0.1, 0.15) is 5.75 Å². The Kier molecular flexibility index (Phi) is 6.75. The number of methoxy groups -OCH3 is 1. The maximum Gasteiger partial charge on any atom is 0.255 e. The summed E-state index contributed by atoms with van der Waals surface area (Å²) in [6, 6.07) is 15.4. The second-order valence-corrected chi connectivity index (χ2v) is 7.63. The Labute approximate surface area is 166 Å². The summed E-state index contributed by atoms with van der Waals surface area (Å²) in [6.07, 6.45) is 2.37.